The number of nitrogens with one attached hydrogen (secondary N) is 3. The zero-order valence-corrected chi connectivity index (χ0v) is 35.3. The minimum Gasteiger partial charge on any atom is -0.481 e. The zero-order valence-electron chi connectivity index (χ0n) is 35.3. The van der Waals surface area contributed by atoms with E-state index in [4.69, 9.17) is 0 Å². The number of aromatic amines is 2. The van der Waals surface area contributed by atoms with Crippen LogP contribution < -0.4 is 5.32 Å². The van der Waals surface area contributed by atoms with Crippen LogP contribution in [0.4, 0.5) is 0 Å². The van der Waals surface area contributed by atoms with Crippen LogP contribution >= 0.6 is 0 Å². The highest BCUT2D eigenvalue weighted by molar-refractivity contribution is 5.72. The summed E-state index contributed by atoms with van der Waals surface area (Å²) in [5.74, 6) is -0.916. The Balaban J connectivity index is 0.000000205. The number of hydrogen-bond acceptors (Lipinski definition) is 10. The molecule has 14 nitrogen and oxygen atoms in total. The van der Waals surface area contributed by atoms with Crippen LogP contribution in [0.2, 0.25) is 0 Å². The molecule has 320 valence electrons. The largest absolute Gasteiger partial charge is 0.481 e. The second-order valence-corrected chi connectivity index (χ2v) is 16.7. The first-order chi connectivity index (χ1) is 29.2. The summed E-state index contributed by atoms with van der Waals surface area (Å²) in [6.45, 7) is 8.55. The van der Waals surface area contributed by atoms with E-state index in [0.717, 1.165) is 68.0 Å². The molecule has 0 bridgehead atoms. The third kappa shape index (κ3) is 12.4. The van der Waals surface area contributed by atoms with Gasteiger partial charge in [0.25, 0.3) is 0 Å². The third-order valence-electron chi connectivity index (χ3n) is 12.5. The number of carboxylic acids is 2. The highest BCUT2D eigenvalue weighted by atomic mass is 16.4. The van der Waals surface area contributed by atoms with Crippen molar-refractivity contribution >= 4 is 11.9 Å². The number of H-pyrrole nitrogens is 2. The predicted octanol–water partition coefficient (Wildman–Crippen LogP) is 7.07. The number of aliphatic carboxylic acids is 2. The molecule has 2 saturated heterocycles. The van der Waals surface area contributed by atoms with Gasteiger partial charge in [-0.25, -0.2) is 0 Å². The average Bonchev–Trinajstić information content (AvgIpc) is 4.01. The Kier molecular flexibility index (Phi) is 16.4. The van der Waals surface area contributed by atoms with Crippen molar-refractivity contribution in [2.24, 2.45) is 17.8 Å². The number of rotatable bonds is 18. The Labute approximate surface area is 353 Å². The Morgan fingerprint density at radius 3 is 1.53 bits per heavy atom. The molecule has 14 heteroatoms. The van der Waals surface area contributed by atoms with Crippen LogP contribution in [-0.2, 0) is 28.9 Å². The Bertz CT molecular complexity index is 1990. The summed E-state index contributed by atoms with van der Waals surface area (Å²) in [5, 5.41) is 51.5. The lowest BCUT2D eigenvalue weighted by Gasteiger charge is -2.29. The molecule has 7 rings (SSSR count). The Morgan fingerprint density at radius 1 is 0.667 bits per heavy atom. The molecule has 3 aromatic carbocycles. The van der Waals surface area contributed by atoms with Gasteiger partial charge in [-0.05, 0) is 136 Å². The molecule has 2 aliphatic heterocycles. The van der Waals surface area contributed by atoms with Gasteiger partial charge in [-0.3, -0.25) is 9.59 Å². The van der Waals surface area contributed by atoms with Gasteiger partial charge in [0.1, 0.15) is 0 Å². The number of hydrogen-bond donors (Lipinski definition) is 5. The summed E-state index contributed by atoms with van der Waals surface area (Å²) in [6.07, 6.45) is 10.00. The molecule has 0 unspecified atom stereocenters. The number of aromatic nitrogens is 8. The van der Waals surface area contributed by atoms with E-state index in [2.05, 4.69) is 131 Å². The van der Waals surface area contributed by atoms with Crippen LogP contribution in [0, 0.1) is 17.8 Å². The quantitative estimate of drug-likeness (QED) is 0.0604. The van der Waals surface area contributed by atoms with Gasteiger partial charge >= 0.3 is 11.9 Å². The van der Waals surface area contributed by atoms with E-state index in [9.17, 15) is 19.8 Å². The molecule has 0 aliphatic carbocycles. The van der Waals surface area contributed by atoms with Crippen LogP contribution in [0.1, 0.15) is 117 Å². The highest BCUT2D eigenvalue weighted by Gasteiger charge is 2.33. The van der Waals surface area contributed by atoms with Crippen LogP contribution in [0.3, 0.4) is 0 Å². The maximum absolute atomic E-state index is 11.9. The number of carboxylic acid groups (broad SMARTS) is 2. The van der Waals surface area contributed by atoms with Gasteiger partial charge in [0.2, 0.25) is 0 Å². The molecule has 2 aromatic heterocycles. The van der Waals surface area contributed by atoms with Crippen molar-refractivity contribution in [1.29, 1.82) is 0 Å². The van der Waals surface area contributed by atoms with E-state index in [-0.39, 0.29) is 11.8 Å². The fraction of sp³-hybridized carbons (Fsp3) is 0.522. The first kappa shape index (κ1) is 44.2. The van der Waals surface area contributed by atoms with E-state index >= 15 is 0 Å². The first-order valence-electron chi connectivity index (χ1n) is 21.8. The number of nitrogens with zero attached hydrogens (tertiary/aromatic N) is 7. The lowest BCUT2D eigenvalue weighted by Crippen LogP contribution is -2.29. The molecule has 2 fully saturated rings. The molecule has 4 atom stereocenters. The maximum atomic E-state index is 11.9. The fourth-order valence-corrected chi connectivity index (χ4v) is 8.96. The van der Waals surface area contributed by atoms with Gasteiger partial charge in [-0.2, -0.15) is 10.4 Å². The number of carbonyl (C=O) groups is 2. The highest BCUT2D eigenvalue weighted by Crippen LogP contribution is 2.33. The lowest BCUT2D eigenvalue weighted by molar-refractivity contribution is -0.144. The fourth-order valence-electron chi connectivity index (χ4n) is 8.96. The zero-order chi connectivity index (χ0) is 42.3. The van der Waals surface area contributed by atoms with Gasteiger partial charge in [0.05, 0.1) is 11.8 Å². The van der Waals surface area contributed by atoms with Crippen molar-refractivity contribution in [1.82, 2.24) is 51.5 Å². The van der Waals surface area contributed by atoms with Gasteiger partial charge in [-0.1, -0.05) is 110 Å². The van der Waals surface area contributed by atoms with E-state index in [1.807, 2.05) is 13.8 Å². The van der Waals surface area contributed by atoms with E-state index < -0.39 is 23.8 Å². The minimum atomic E-state index is -0.812. The molecule has 5 N–H and O–H groups in total. The van der Waals surface area contributed by atoms with Crippen molar-refractivity contribution in [3.8, 4) is 11.1 Å². The molecule has 60 heavy (non-hydrogen) atoms. The van der Waals surface area contributed by atoms with Crippen molar-refractivity contribution in [3.05, 3.63) is 107 Å². The van der Waals surface area contributed by atoms with E-state index in [1.54, 1.807) is 0 Å². The lowest BCUT2D eigenvalue weighted by atomic mass is 9.82. The molecule has 5 aromatic rings. The van der Waals surface area contributed by atoms with Crippen LogP contribution in [0.5, 0.6) is 0 Å². The smallest absolute Gasteiger partial charge is 0.307 e. The average molecular weight is 819 g/mol. The third-order valence-corrected chi connectivity index (χ3v) is 12.5. The Hall–Kier alpha value is -5.34. The number of tetrazole rings is 2. The summed E-state index contributed by atoms with van der Waals surface area (Å²) < 4.78 is 0. The van der Waals surface area contributed by atoms with Crippen LogP contribution in [-0.4, -0.2) is 102 Å². The number of benzene rings is 3. The van der Waals surface area contributed by atoms with Crippen molar-refractivity contribution < 1.29 is 19.8 Å². The first-order valence-corrected chi connectivity index (χ1v) is 21.8. The molecular formula is C46H62N10O4. The monoisotopic (exact) mass is 818 g/mol. The number of likely N-dealkylation sites (tertiary alicyclic amines) is 1. The molecule has 0 spiro atoms. The van der Waals surface area contributed by atoms with Gasteiger partial charge in [0.15, 0.2) is 11.6 Å². The summed E-state index contributed by atoms with van der Waals surface area (Å²) in [5.41, 5.74) is 7.32. The molecule has 2 aliphatic rings. The topological polar surface area (TPSA) is 199 Å². The van der Waals surface area contributed by atoms with Crippen LogP contribution in [0.25, 0.3) is 11.1 Å². The SMILES string of the molecule is CCC[C@H](C(=O)O)[C@H](Cc1ccc(-c2ccc(CC3CCNCC3)cc2)cc1)c1nn[nH]n1.CCC[C@H](C(=O)O)[C@H](Cc1ccc(C2CCN(C)CC2)cc1)c1nn[nH]n1. The predicted molar refractivity (Wildman–Crippen MR) is 230 cm³/mol. The molecule has 4 heterocycles. The van der Waals surface area contributed by atoms with Crippen molar-refractivity contribution in [2.75, 3.05) is 33.2 Å². The number of piperidine rings is 2. The standard InChI is InChI=1S/C26H33N5O2.C20H29N5O2/c1-2-3-23(26(32)33)24(25-28-30-31-29-25)17-19-6-10-22(11-7-19)21-8-4-18(5-9-21)16-20-12-14-27-15-13-20;1-3-4-17(20(26)27)18(19-21-23-24-22-19)13-14-5-7-15(8-6-14)16-9-11-25(2)12-10-16/h4-11,20,23-24,27H,2-3,12-17H2,1H3,(H,32,33)(H,28,29,30,31);5-8,16-18H,3-4,9-13H2,1-2H3,(H,26,27)(H,21,22,23,24)/t23-,24-;17-,18-/m00/s1. The maximum Gasteiger partial charge on any atom is 0.307 e. The molecule has 0 saturated carbocycles. The summed E-state index contributed by atoms with van der Waals surface area (Å²) in [4.78, 5) is 26.1. The minimum absolute atomic E-state index is 0.282. The molecule has 0 amide bonds. The van der Waals surface area contributed by atoms with Gasteiger partial charge in [-0.15, -0.1) is 20.4 Å². The van der Waals surface area contributed by atoms with Crippen LogP contribution in [0.15, 0.2) is 72.8 Å². The van der Waals surface area contributed by atoms with Crippen molar-refractivity contribution in [3.63, 3.8) is 0 Å². The normalized spacial score (nSPS) is 17.2. The Morgan fingerprint density at radius 2 is 1.12 bits per heavy atom. The van der Waals surface area contributed by atoms with Gasteiger partial charge < -0.3 is 20.4 Å². The molecular weight excluding hydrogens is 757 g/mol. The summed E-state index contributed by atoms with van der Waals surface area (Å²) in [6, 6.07) is 26.0. The van der Waals surface area contributed by atoms with E-state index in [0.29, 0.717) is 43.3 Å². The summed E-state index contributed by atoms with van der Waals surface area (Å²) >= 11 is 0. The van der Waals surface area contributed by atoms with E-state index in [1.165, 1.54) is 42.4 Å². The second kappa shape index (κ2) is 22.3. The second-order valence-electron chi connectivity index (χ2n) is 16.7. The van der Waals surface area contributed by atoms with Crippen molar-refractivity contribution in [2.45, 2.75) is 102 Å². The molecule has 0 radical (unpaired) electrons. The summed E-state index contributed by atoms with van der Waals surface area (Å²) in [7, 11) is 2.17. The van der Waals surface area contributed by atoms with Gasteiger partial charge in [0, 0.05) is 11.8 Å².